The molecule has 0 fully saturated rings. The minimum atomic E-state index is -0.318. The van der Waals surface area contributed by atoms with Crippen molar-refractivity contribution in [2.24, 2.45) is 0 Å². The first kappa shape index (κ1) is 20.6. The maximum atomic E-state index is 12.8. The van der Waals surface area contributed by atoms with Gasteiger partial charge in [0, 0.05) is 11.3 Å². The molecule has 0 aliphatic carbocycles. The fourth-order valence-corrected chi connectivity index (χ4v) is 2.89. The number of anilines is 1. The molecule has 3 aromatic rings. The predicted molar refractivity (Wildman–Crippen MR) is 110 cm³/mol. The number of ether oxygens (including phenoxy) is 2. The van der Waals surface area contributed by atoms with Crippen LogP contribution in [0.25, 0.3) is 5.69 Å². The first-order valence-corrected chi connectivity index (χ1v) is 9.74. The molecule has 29 heavy (non-hydrogen) atoms. The van der Waals surface area contributed by atoms with E-state index in [9.17, 15) is 4.79 Å². The van der Waals surface area contributed by atoms with Crippen molar-refractivity contribution >= 4 is 23.2 Å². The van der Waals surface area contributed by atoms with Gasteiger partial charge in [0.15, 0.2) is 11.5 Å². The number of halogens is 1. The van der Waals surface area contributed by atoms with Gasteiger partial charge in [0.1, 0.15) is 6.33 Å². The van der Waals surface area contributed by atoms with Crippen LogP contribution in [-0.2, 0) is 0 Å². The minimum Gasteiger partial charge on any atom is -0.490 e. The number of aromatic nitrogens is 4. The van der Waals surface area contributed by atoms with Gasteiger partial charge in [0.25, 0.3) is 5.91 Å². The van der Waals surface area contributed by atoms with Crippen LogP contribution >= 0.6 is 11.6 Å². The molecule has 0 unspecified atom stereocenters. The Hall–Kier alpha value is -3.13. The van der Waals surface area contributed by atoms with E-state index >= 15 is 0 Å². The van der Waals surface area contributed by atoms with Gasteiger partial charge >= 0.3 is 0 Å². The Balaban J connectivity index is 1.81. The molecule has 0 atom stereocenters. The maximum Gasteiger partial charge on any atom is 0.255 e. The Morgan fingerprint density at radius 2 is 2.07 bits per heavy atom. The molecule has 1 N–H and O–H groups in total. The first-order valence-electron chi connectivity index (χ1n) is 9.36. The molecule has 9 heteroatoms. The van der Waals surface area contributed by atoms with E-state index in [0.29, 0.717) is 41.0 Å². The van der Waals surface area contributed by atoms with Gasteiger partial charge in [-0.05, 0) is 54.1 Å². The standard InChI is InChI=1S/C20H22ClN5O3/c1-3-5-9-29-19-17(21)10-14(11-18(19)28-4-2)20(27)23-15-7-6-8-16(12-15)26-13-22-24-25-26/h6-8,10-13H,3-5,9H2,1-2H3,(H,23,27). The number of rotatable bonds is 9. The third kappa shape index (κ3) is 5.23. The average molecular weight is 416 g/mol. The number of carbonyl (C=O) groups is 1. The number of hydrogen-bond acceptors (Lipinski definition) is 6. The summed E-state index contributed by atoms with van der Waals surface area (Å²) < 4.78 is 12.9. The van der Waals surface area contributed by atoms with Gasteiger partial charge in [-0.15, -0.1) is 5.10 Å². The third-order valence-corrected chi connectivity index (χ3v) is 4.31. The SMILES string of the molecule is CCCCOc1c(Cl)cc(C(=O)Nc2cccc(-n3cnnn3)c2)cc1OCC. The highest BCUT2D eigenvalue weighted by molar-refractivity contribution is 6.32. The van der Waals surface area contributed by atoms with Gasteiger partial charge in [0.2, 0.25) is 0 Å². The van der Waals surface area contributed by atoms with Gasteiger partial charge in [0.05, 0.1) is 23.9 Å². The largest absolute Gasteiger partial charge is 0.490 e. The highest BCUT2D eigenvalue weighted by atomic mass is 35.5. The Bertz CT molecular complexity index is 963. The van der Waals surface area contributed by atoms with Crippen LogP contribution in [0.5, 0.6) is 11.5 Å². The summed E-state index contributed by atoms with van der Waals surface area (Å²) in [6.45, 7) is 4.91. The van der Waals surface area contributed by atoms with Gasteiger partial charge in [-0.1, -0.05) is 31.0 Å². The van der Waals surface area contributed by atoms with Crippen LogP contribution in [0.15, 0.2) is 42.7 Å². The van der Waals surface area contributed by atoms with Crippen LogP contribution in [0.4, 0.5) is 5.69 Å². The maximum absolute atomic E-state index is 12.8. The quantitative estimate of drug-likeness (QED) is 0.528. The molecule has 0 bridgehead atoms. The van der Waals surface area contributed by atoms with Crippen LogP contribution in [0.1, 0.15) is 37.0 Å². The third-order valence-electron chi connectivity index (χ3n) is 4.03. The van der Waals surface area contributed by atoms with Crippen LogP contribution in [-0.4, -0.2) is 39.3 Å². The van der Waals surface area contributed by atoms with Gasteiger partial charge in [-0.2, -0.15) is 0 Å². The topological polar surface area (TPSA) is 91.2 Å². The normalized spacial score (nSPS) is 10.6. The monoisotopic (exact) mass is 415 g/mol. The summed E-state index contributed by atoms with van der Waals surface area (Å²) in [7, 11) is 0. The smallest absolute Gasteiger partial charge is 0.255 e. The zero-order valence-corrected chi connectivity index (χ0v) is 17.0. The van der Waals surface area contributed by atoms with Crippen LogP contribution in [0.2, 0.25) is 5.02 Å². The summed E-state index contributed by atoms with van der Waals surface area (Å²) in [5.41, 5.74) is 1.69. The van der Waals surface area contributed by atoms with Crippen molar-refractivity contribution in [3.8, 4) is 17.2 Å². The molecule has 1 amide bonds. The molecule has 0 saturated carbocycles. The van der Waals surface area contributed by atoms with E-state index in [2.05, 4.69) is 27.8 Å². The molecule has 0 radical (unpaired) electrons. The highest BCUT2D eigenvalue weighted by Crippen LogP contribution is 2.37. The second-order valence-electron chi connectivity index (χ2n) is 6.18. The van der Waals surface area contributed by atoms with E-state index in [1.807, 2.05) is 13.0 Å². The number of hydrogen-bond donors (Lipinski definition) is 1. The van der Waals surface area contributed by atoms with Crippen molar-refractivity contribution in [1.82, 2.24) is 20.2 Å². The van der Waals surface area contributed by atoms with E-state index in [4.69, 9.17) is 21.1 Å². The van der Waals surface area contributed by atoms with Crippen molar-refractivity contribution in [2.45, 2.75) is 26.7 Å². The zero-order chi connectivity index (χ0) is 20.6. The molecule has 3 rings (SSSR count). The summed E-state index contributed by atoms with van der Waals surface area (Å²) in [6, 6.07) is 10.4. The fraction of sp³-hybridized carbons (Fsp3) is 0.300. The van der Waals surface area contributed by atoms with Gasteiger partial charge < -0.3 is 14.8 Å². The molecule has 1 heterocycles. The van der Waals surface area contributed by atoms with Crippen LogP contribution < -0.4 is 14.8 Å². The number of nitrogens with zero attached hydrogens (tertiary/aromatic N) is 4. The lowest BCUT2D eigenvalue weighted by Crippen LogP contribution is -2.13. The Morgan fingerprint density at radius 3 is 2.79 bits per heavy atom. The van der Waals surface area contributed by atoms with E-state index in [1.54, 1.807) is 30.3 Å². The van der Waals surface area contributed by atoms with E-state index < -0.39 is 0 Å². The Labute approximate surface area is 173 Å². The lowest BCUT2D eigenvalue weighted by atomic mass is 10.1. The summed E-state index contributed by atoms with van der Waals surface area (Å²) in [5.74, 6) is 0.588. The van der Waals surface area contributed by atoms with Gasteiger partial charge in [-0.25, -0.2) is 4.68 Å². The van der Waals surface area contributed by atoms with Crippen molar-refractivity contribution in [1.29, 1.82) is 0 Å². The lowest BCUT2D eigenvalue weighted by molar-refractivity contribution is 0.102. The number of benzene rings is 2. The average Bonchev–Trinajstić information content (AvgIpc) is 3.25. The van der Waals surface area contributed by atoms with Crippen molar-refractivity contribution in [3.63, 3.8) is 0 Å². The molecule has 152 valence electrons. The lowest BCUT2D eigenvalue weighted by Gasteiger charge is -2.15. The molecular weight excluding hydrogens is 394 g/mol. The molecule has 8 nitrogen and oxygen atoms in total. The number of carbonyl (C=O) groups excluding carboxylic acids is 1. The van der Waals surface area contributed by atoms with E-state index in [-0.39, 0.29) is 5.91 Å². The summed E-state index contributed by atoms with van der Waals surface area (Å²) in [6.07, 6.45) is 3.39. The number of nitrogens with one attached hydrogen (secondary N) is 1. The second-order valence-corrected chi connectivity index (χ2v) is 6.59. The van der Waals surface area contributed by atoms with E-state index in [0.717, 1.165) is 18.5 Å². The minimum absolute atomic E-state index is 0.318. The summed E-state index contributed by atoms with van der Waals surface area (Å²) in [5, 5.41) is 14.3. The molecule has 0 saturated heterocycles. The molecular formula is C20H22ClN5O3. The summed E-state index contributed by atoms with van der Waals surface area (Å²) >= 11 is 6.38. The Kier molecular flexibility index (Phi) is 7.02. The predicted octanol–water partition coefficient (Wildman–Crippen LogP) is 4.15. The molecule has 1 aromatic heterocycles. The number of amides is 1. The van der Waals surface area contributed by atoms with Gasteiger partial charge in [-0.3, -0.25) is 4.79 Å². The van der Waals surface area contributed by atoms with Crippen LogP contribution in [0.3, 0.4) is 0 Å². The second kappa shape index (κ2) is 9.88. The summed E-state index contributed by atoms with van der Waals surface area (Å²) in [4.78, 5) is 12.8. The molecule has 0 spiro atoms. The number of tetrazole rings is 1. The van der Waals surface area contributed by atoms with Crippen molar-refractivity contribution in [2.75, 3.05) is 18.5 Å². The first-order chi connectivity index (χ1) is 14.1. The molecule has 2 aromatic carbocycles. The fourth-order valence-electron chi connectivity index (χ4n) is 2.63. The molecule has 0 aliphatic rings. The Morgan fingerprint density at radius 1 is 1.21 bits per heavy atom. The molecule has 0 aliphatic heterocycles. The van der Waals surface area contributed by atoms with Crippen molar-refractivity contribution < 1.29 is 14.3 Å². The zero-order valence-electron chi connectivity index (χ0n) is 16.3. The highest BCUT2D eigenvalue weighted by Gasteiger charge is 2.17. The van der Waals surface area contributed by atoms with Crippen molar-refractivity contribution in [3.05, 3.63) is 53.3 Å². The van der Waals surface area contributed by atoms with Crippen LogP contribution in [0, 0.1) is 0 Å². The number of unbranched alkanes of at least 4 members (excludes halogenated alkanes) is 1. The van der Waals surface area contributed by atoms with E-state index in [1.165, 1.54) is 11.0 Å².